The summed E-state index contributed by atoms with van der Waals surface area (Å²) in [5.74, 6) is 1.85. The first-order valence-electron chi connectivity index (χ1n) is 4.62. The number of aromatic nitrogens is 1. The number of hydrogen-bond acceptors (Lipinski definition) is 3. The van der Waals surface area contributed by atoms with Crippen LogP contribution in [-0.4, -0.2) is 12.0 Å². The minimum absolute atomic E-state index is 0.719. The Kier molecular flexibility index (Phi) is 3.06. The summed E-state index contributed by atoms with van der Waals surface area (Å²) in [5, 5.41) is 0. The molecule has 2 rings (SSSR count). The van der Waals surface area contributed by atoms with Crippen molar-refractivity contribution in [3.63, 3.8) is 0 Å². The largest absolute Gasteiger partial charge is 0.467 e. The van der Waals surface area contributed by atoms with Gasteiger partial charge >= 0.3 is 0 Å². The molecule has 0 aliphatic rings. The topological polar surface area (TPSA) is 29.3 Å². The Morgan fingerprint density at radius 3 is 2.87 bits per heavy atom. The highest BCUT2D eigenvalue weighted by atomic mass is 79.9. The molecule has 2 aromatic rings. The van der Waals surface area contributed by atoms with Gasteiger partial charge in [0.1, 0.15) is 16.2 Å². The first-order valence-corrected chi connectivity index (χ1v) is 5.41. The van der Waals surface area contributed by atoms with Gasteiger partial charge in [-0.1, -0.05) is 6.07 Å². The SMILES string of the molecule is CN(Cc1ccco1)c1cccc(Br)n1. The Balaban J connectivity index is 2.11. The molecule has 2 aromatic heterocycles. The van der Waals surface area contributed by atoms with Gasteiger partial charge in [-0.05, 0) is 40.2 Å². The van der Waals surface area contributed by atoms with E-state index < -0.39 is 0 Å². The zero-order chi connectivity index (χ0) is 10.7. The quantitative estimate of drug-likeness (QED) is 0.800. The van der Waals surface area contributed by atoms with E-state index in [0.717, 1.165) is 22.7 Å². The molecule has 4 heteroatoms. The van der Waals surface area contributed by atoms with Crippen molar-refractivity contribution in [3.05, 3.63) is 47.0 Å². The maximum atomic E-state index is 5.27. The smallest absolute Gasteiger partial charge is 0.129 e. The number of rotatable bonds is 3. The van der Waals surface area contributed by atoms with Crippen molar-refractivity contribution in [1.82, 2.24) is 4.98 Å². The van der Waals surface area contributed by atoms with Gasteiger partial charge in [-0.15, -0.1) is 0 Å². The minimum Gasteiger partial charge on any atom is -0.467 e. The van der Waals surface area contributed by atoms with Crippen LogP contribution in [0.25, 0.3) is 0 Å². The number of furan rings is 1. The van der Waals surface area contributed by atoms with Crippen LogP contribution in [0, 0.1) is 0 Å². The van der Waals surface area contributed by atoms with Crippen molar-refractivity contribution < 1.29 is 4.42 Å². The predicted molar refractivity (Wildman–Crippen MR) is 62.8 cm³/mol. The summed E-state index contributed by atoms with van der Waals surface area (Å²) in [5.41, 5.74) is 0. The van der Waals surface area contributed by atoms with Crippen LogP contribution in [0.15, 0.2) is 45.6 Å². The normalized spacial score (nSPS) is 10.3. The molecular formula is C11H11BrN2O. The van der Waals surface area contributed by atoms with Crippen LogP contribution in [0.5, 0.6) is 0 Å². The van der Waals surface area contributed by atoms with Gasteiger partial charge in [-0.25, -0.2) is 4.98 Å². The fraction of sp³-hybridized carbons (Fsp3) is 0.182. The van der Waals surface area contributed by atoms with Crippen LogP contribution < -0.4 is 4.90 Å². The van der Waals surface area contributed by atoms with Crippen molar-refractivity contribution in [2.45, 2.75) is 6.54 Å². The van der Waals surface area contributed by atoms with Crippen molar-refractivity contribution in [1.29, 1.82) is 0 Å². The molecule has 0 amide bonds. The van der Waals surface area contributed by atoms with Gasteiger partial charge in [0, 0.05) is 7.05 Å². The van der Waals surface area contributed by atoms with Crippen LogP contribution in [0.1, 0.15) is 5.76 Å². The summed E-state index contributed by atoms with van der Waals surface area (Å²) < 4.78 is 6.11. The van der Waals surface area contributed by atoms with Gasteiger partial charge in [-0.3, -0.25) is 0 Å². The highest BCUT2D eigenvalue weighted by molar-refractivity contribution is 9.10. The van der Waals surface area contributed by atoms with E-state index in [1.165, 1.54) is 0 Å². The zero-order valence-electron chi connectivity index (χ0n) is 8.35. The van der Waals surface area contributed by atoms with E-state index in [1.807, 2.05) is 42.3 Å². The molecule has 0 unspecified atom stereocenters. The highest BCUT2D eigenvalue weighted by Crippen LogP contribution is 2.15. The molecule has 0 aliphatic carbocycles. The average Bonchev–Trinajstić information content (AvgIpc) is 2.70. The third-order valence-corrected chi connectivity index (χ3v) is 2.51. The average molecular weight is 267 g/mol. The van der Waals surface area contributed by atoms with Gasteiger partial charge in [0.25, 0.3) is 0 Å². The van der Waals surface area contributed by atoms with Gasteiger partial charge in [0.15, 0.2) is 0 Å². The van der Waals surface area contributed by atoms with Crippen molar-refractivity contribution in [3.8, 4) is 0 Å². The van der Waals surface area contributed by atoms with Crippen molar-refractivity contribution in [2.75, 3.05) is 11.9 Å². The fourth-order valence-electron chi connectivity index (χ4n) is 1.33. The number of nitrogens with zero attached hydrogens (tertiary/aromatic N) is 2. The summed E-state index contributed by atoms with van der Waals surface area (Å²) >= 11 is 3.35. The summed E-state index contributed by atoms with van der Waals surface area (Å²) in [4.78, 5) is 6.39. The minimum atomic E-state index is 0.719. The van der Waals surface area contributed by atoms with E-state index in [4.69, 9.17) is 4.42 Å². The molecule has 2 heterocycles. The second-order valence-corrected chi connectivity index (χ2v) is 4.07. The third-order valence-electron chi connectivity index (χ3n) is 2.06. The molecular weight excluding hydrogens is 256 g/mol. The lowest BCUT2D eigenvalue weighted by Crippen LogP contribution is -2.17. The number of anilines is 1. The second kappa shape index (κ2) is 4.49. The molecule has 0 aliphatic heterocycles. The number of halogens is 1. The predicted octanol–water partition coefficient (Wildman–Crippen LogP) is 3.07. The van der Waals surface area contributed by atoms with Crippen molar-refractivity contribution in [2.24, 2.45) is 0 Å². The van der Waals surface area contributed by atoms with Crippen LogP contribution in [0.4, 0.5) is 5.82 Å². The van der Waals surface area contributed by atoms with E-state index in [9.17, 15) is 0 Å². The van der Waals surface area contributed by atoms with Gasteiger partial charge < -0.3 is 9.32 Å². The van der Waals surface area contributed by atoms with E-state index in [2.05, 4.69) is 20.9 Å². The molecule has 0 saturated carbocycles. The number of hydrogen-bond donors (Lipinski definition) is 0. The van der Waals surface area contributed by atoms with E-state index in [1.54, 1.807) is 6.26 Å². The molecule has 0 atom stereocenters. The Bertz CT molecular complexity index is 428. The Morgan fingerprint density at radius 2 is 2.20 bits per heavy atom. The van der Waals surface area contributed by atoms with Gasteiger partial charge in [0.2, 0.25) is 0 Å². The van der Waals surface area contributed by atoms with E-state index in [0.29, 0.717) is 0 Å². The molecule has 0 N–H and O–H groups in total. The Hall–Kier alpha value is -1.29. The monoisotopic (exact) mass is 266 g/mol. The molecule has 15 heavy (non-hydrogen) atoms. The summed E-state index contributed by atoms with van der Waals surface area (Å²) in [7, 11) is 1.98. The van der Waals surface area contributed by atoms with Crippen LogP contribution in [0.2, 0.25) is 0 Å². The molecule has 0 bridgehead atoms. The van der Waals surface area contributed by atoms with E-state index >= 15 is 0 Å². The highest BCUT2D eigenvalue weighted by Gasteiger charge is 2.05. The molecule has 0 radical (unpaired) electrons. The van der Waals surface area contributed by atoms with Crippen LogP contribution >= 0.6 is 15.9 Å². The first kappa shape index (κ1) is 10.2. The lowest BCUT2D eigenvalue weighted by molar-refractivity contribution is 0.507. The second-order valence-electron chi connectivity index (χ2n) is 3.25. The molecule has 3 nitrogen and oxygen atoms in total. The zero-order valence-corrected chi connectivity index (χ0v) is 9.94. The molecule has 0 spiro atoms. The molecule has 0 aromatic carbocycles. The third kappa shape index (κ3) is 2.59. The first-order chi connectivity index (χ1) is 7.25. The molecule has 78 valence electrons. The summed E-state index contributed by atoms with van der Waals surface area (Å²) in [6.07, 6.45) is 1.68. The lowest BCUT2D eigenvalue weighted by Gasteiger charge is -2.16. The maximum Gasteiger partial charge on any atom is 0.129 e. The van der Waals surface area contributed by atoms with Gasteiger partial charge in [0.05, 0.1) is 12.8 Å². The maximum absolute atomic E-state index is 5.27. The Labute approximate surface area is 96.9 Å². The van der Waals surface area contributed by atoms with Crippen LogP contribution in [0.3, 0.4) is 0 Å². The number of pyridine rings is 1. The standard InChI is InChI=1S/C11H11BrN2O/c1-14(8-9-4-3-7-15-9)11-6-2-5-10(12)13-11/h2-7H,8H2,1H3. The van der Waals surface area contributed by atoms with E-state index in [-0.39, 0.29) is 0 Å². The summed E-state index contributed by atoms with van der Waals surface area (Å²) in [6, 6.07) is 9.68. The molecule has 0 saturated heterocycles. The Morgan fingerprint density at radius 1 is 1.33 bits per heavy atom. The lowest BCUT2D eigenvalue weighted by atomic mass is 10.4. The van der Waals surface area contributed by atoms with Gasteiger partial charge in [-0.2, -0.15) is 0 Å². The van der Waals surface area contributed by atoms with Crippen LogP contribution in [-0.2, 0) is 6.54 Å². The van der Waals surface area contributed by atoms with Crippen molar-refractivity contribution >= 4 is 21.7 Å². The summed E-state index contributed by atoms with van der Waals surface area (Å²) in [6.45, 7) is 0.719. The fourth-order valence-corrected chi connectivity index (χ4v) is 1.66. The molecule has 0 fully saturated rings.